The van der Waals surface area contributed by atoms with Gasteiger partial charge < -0.3 is 0 Å². The first kappa shape index (κ1) is 14.0. The Morgan fingerprint density at radius 2 is 1.95 bits per heavy atom. The normalized spacial score (nSPS) is 10.8. The summed E-state index contributed by atoms with van der Waals surface area (Å²) in [6, 6.07) is 7.29. The molecule has 3 aromatic rings. The molecule has 0 atom stereocenters. The van der Waals surface area contributed by atoms with E-state index < -0.39 is 4.92 Å². The number of nitrogens with zero attached hydrogens (tertiary/aromatic N) is 4. The van der Waals surface area contributed by atoms with Crippen molar-refractivity contribution in [3.05, 3.63) is 58.2 Å². The van der Waals surface area contributed by atoms with Crippen LogP contribution in [-0.4, -0.2) is 19.9 Å². The van der Waals surface area contributed by atoms with Crippen molar-refractivity contribution in [2.75, 3.05) is 0 Å². The van der Waals surface area contributed by atoms with E-state index in [4.69, 9.17) is 0 Å². The molecule has 0 N–H and O–H groups in total. The monoisotopic (exact) mass is 298 g/mol. The van der Waals surface area contributed by atoms with Gasteiger partial charge in [-0.05, 0) is 30.7 Å². The zero-order chi connectivity index (χ0) is 15.7. The molecule has 0 bridgehead atoms. The van der Waals surface area contributed by atoms with Crippen LogP contribution in [0.1, 0.15) is 12.6 Å². The highest BCUT2D eigenvalue weighted by Crippen LogP contribution is 2.24. The minimum absolute atomic E-state index is 0.126. The SMILES string of the molecule is CCc1nc2cc([N+](=O)[O-])cnc2nc1-c1ccc(F)cc1. The van der Waals surface area contributed by atoms with Crippen LogP contribution in [0, 0.1) is 15.9 Å². The minimum atomic E-state index is -0.520. The van der Waals surface area contributed by atoms with Crippen LogP contribution in [0.4, 0.5) is 10.1 Å². The van der Waals surface area contributed by atoms with Crippen molar-refractivity contribution in [3.63, 3.8) is 0 Å². The second-order valence-electron chi connectivity index (χ2n) is 4.67. The lowest BCUT2D eigenvalue weighted by molar-refractivity contribution is -0.385. The summed E-state index contributed by atoms with van der Waals surface area (Å²) >= 11 is 0. The summed E-state index contributed by atoms with van der Waals surface area (Å²) in [5.41, 5.74) is 2.59. The Bertz CT molecular complexity index is 865. The highest BCUT2D eigenvalue weighted by molar-refractivity contribution is 5.76. The molecule has 0 radical (unpaired) electrons. The van der Waals surface area contributed by atoms with Crippen molar-refractivity contribution >= 4 is 16.9 Å². The molecule has 2 heterocycles. The predicted molar refractivity (Wildman–Crippen MR) is 78.8 cm³/mol. The Morgan fingerprint density at radius 3 is 2.59 bits per heavy atom. The van der Waals surface area contributed by atoms with Crippen LogP contribution >= 0.6 is 0 Å². The molecular formula is C15H11FN4O2. The fraction of sp³-hybridized carbons (Fsp3) is 0.133. The lowest BCUT2D eigenvalue weighted by Gasteiger charge is -2.08. The third-order valence-corrected chi connectivity index (χ3v) is 3.24. The maximum atomic E-state index is 13.0. The Morgan fingerprint density at radius 1 is 1.23 bits per heavy atom. The summed E-state index contributed by atoms with van der Waals surface area (Å²) in [6.45, 7) is 1.91. The average molecular weight is 298 g/mol. The molecule has 22 heavy (non-hydrogen) atoms. The molecule has 0 spiro atoms. The zero-order valence-corrected chi connectivity index (χ0v) is 11.7. The highest BCUT2D eigenvalue weighted by atomic mass is 19.1. The fourth-order valence-corrected chi connectivity index (χ4v) is 2.16. The van der Waals surface area contributed by atoms with Crippen LogP contribution in [-0.2, 0) is 6.42 Å². The lowest BCUT2D eigenvalue weighted by Crippen LogP contribution is -2.00. The van der Waals surface area contributed by atoms with Crippen LogP contribution in [0.5, 0.6) is 0 Å². The molecule has 7 heteroatoms. The van der Waals surface area contributed by atoms with Gasteiger partial charge in [0.15, 0.2) is 5.65 Å². The molecule has 0 aliphatic heterocycles. The molecule has 0 saturated carbocycles. The van der Waals surface area contributed by atoms with Crippen molar-refractivity contribution in [2.24, 2.45) is 0 Å². The molecule has 0 aliphatic rings. The summed E-state index contributed by atoms with van der Waals surface area (Å²) in [7, 11) is 0. The van der Waals surface area contributed by atoms with Crippen LogP contribution in [0.25, 0.3) is 22.4 Å². The smallest absolute Gasteiger partial charge is 0.258 e. The molecule has 3 rings (SSSR count). The Kier molecular flexibility index (Phi) is 3.46. The third kappa shape index (κ3) is 2.48. The second-order valence-corrected chi connectivity index (χ2v) is 4.67. The van der Waals surface area contributed by atoms with E-state index in [1.807, 2.05) is 6.92 Å². The number of benzene rings is 1. The number of nitro groups is 1. The fourth-order valence-electron chi connectivity index (χ4n) is 2.16. The first-order valence-electron chi connectivity index (χ1n) is 6.65. The molecule has 2 aromatic heterocycles. The summed E-state index contributed by atoms with van der Waals surface area (Å²) < 4.78 is 13.0. The van der Waals surface area contributed by atoms with Gasteiger partial charge in [0.25, 0.3) is 5.69 Å². The summed E-state index contributed by atoms with van der Waals surface area (Å²) in [5.74, 6) is -0.329. The molecule has 0 aliphatic carbocycles. The van der Waals surface area contributed by atoms with Gasteiger partial charge in [-0.1, -0.05) is 6.92 Å². The molecule has 0 amide bonds. The van der Waals surface area contributed by atoms with Gasteiger partial charge in [0, 0.05) is 11.6 Å². The summed E-state index contributed by atoms with van der Waals surface area (Å²) in [4.78, 5) is 23.1. The largest absolute Gasteiger partial charge is 0.289 e. The Balaban J connectivity index is 2.20. The second kappa shape index (κ2) is 5.44. The topological polar surface area (TPSA) is 81.8 Å². The molecule has 1 aromatic carbocycles. The number of rotatable bonds is 3. The first-order valence-corrected chi connectivity index (χ1v) is 6.65. The number of hydrogen-bond donors (Lipinski definition) is 0. The Labute approximate surface area is 124 Å². The van der Waals surface area contributed by atoms with Gasteiger partial charge in [0.2, 0.25) is 0 Å². The minimum Gasteiger partial charge on any atom is -0.258 e. The molecule has 110 valence electrons. The quantitative estimate of drug-likeness (QED) is 0.547. The van der Waals surface area contributed by atoms with E-state index in [0.717, 1.165) is 11.8 Å². The van der Waals surface area contributed by atoms with E-state index in [1.54, 1.807) is 12.1 Å². The maximum absolute atomic E-state index is 13.0. The van der Waals surface area contributed by atoms with Gasteiger partial charge in [-0.3, -0.25) is 10.1 Å². The van der Waals surface area contributed by atoms with Crippen LogP contribution in [0.15, 0.2) is 36.5 Å². The summed E-state index contributed by atoms with van der Waals surface area (Å²) in [5, 5.41) is 10.8. The van der Waals surface area contributed by atoms with Crippen LogP contribution in [0.3, 0.4) is 0 Å². The van der Waals surface area contributed by atoms with E-state index in [9.17, 15) is 14.5 Å². The van der Waals surface area contributed by atoms with E-state index in [1.165, 1.54) is 18.2 Å². The standard InChI is InChI=1S/C15H11FN4O2/c1-2-12-14(9-3-5-10(16)6-4-9)19-15-13(18-12)7-11(8-17-15)20(21)22/h3-8H,2H2,1H3. The van der Waals surface area contributed by atoms with E-state index in [-0.39, 0.29) is 11.5 Å². The Hall–Kier alpha value is -2.96. The van der Waals surface area contributed by atoms with Crippen molar-refractivity contribution in [1.82, 2.24) is 15.0 Å². The molecule has 6 nitrogen and oxygen atoms in total. The molecule has 0 unspecified atom stereocenters. The highest BCUT2D eigenvalue weighted by Gasteiger charge is 2.14. The number of aromatic nitrogens is 3. The molecule has 0 saturated heterocycles. The number of halogens is 1. The van der Waals surface area contributed by atoms with Gasteiger partial charge >= 0.3 is 0 Å². The average Bonchev–Trinajstić information content (AvgIpc) is 2.53. The van der Waals surface area contributed by atoms with Gasteiger partial charge in [0.05, 0.1) is 16.3 Å². The zero-order valence-electron chi connectivity index (χ0n) is 11.7. The van der Waals surface area contributed by atoms with Crippen molar-refractivity contribution in [2.45, 2.75) is 13.3 Å². The van der Waals surface area contributed by atoms with Crippen molar-refractivity contribution in [3.8, 4) is 11.3 Å². The van der Waals surface area contributed by atoms with Crippen molar-refractivity contribution < 1.29 is 9.31 Å². The molecule has 0 fully saturated rings. The number of pyridine rings is 1. The molecular weight excluding hydrogens is 287 g/mol. The lowest BCUT2D eigenvalue weighted by atomic mass is 10.1. The van der Waals surface area contributed by atoms with Gasteiger partial charge in [0.1, 0.15) is 17.5 Å². The van der Waals surface area contributed by atoms with E-state index in [2.05, 4.69) is 15.0 Å². The summed E-state index contributed by atoms with van der Waals surface area (Å²) in [6.07, 6.45) is 1.75. The van der Waals surface area contributed by atoms with Gasteiger partial charge in [-0.25, -0.2) is 19.3 Å². The van der Waals surface area contributed by atoms with Crippen LogP contribution in [0.2, 0.25) is 0 Å². The van der Waals surface area contributed by atoms with Crippen molar-refractivity contribution in [1.29, 1.82) is 0 Å². The van der Waals surface area contributed by atoms with Gasteiger partial charge in [-0.2, -0.15) is 0 Å². The number of fused-ring (bicyclic) bond motifs is 1. The third-order valence-electron chi connectivity index (χ3n) is 3.24. The number of aryl methyl sites for hydroxylation is 1. The first-order chi connectivity index (χ1) is 10.6. The van der Waals surface area contributed by atoms with Crippen LogP contribution < -0.4 is 0 Å². The van der Waals surface area contributed by atoms with E-state index >= 15 is 0 Å². The predicted octanol–water partition coefficient (Wildman–Crippen LogP) is 3.30. The number of hydrogen-bond acceptors (Lipinski definition) is 5. The van der Waals surface area contributed by atoms with E-state index in [0.29, 0.717) is 29.0 Å². The van der Waals surface area contributed by atoms with Gasteiger partial charge in [-0.15, -0.1) is 0 Å². The maximum Gasteiger partial charge on any atom is 0.289 e.